The summed E-state index contributed by atoms with van der Waals surface area (Å²) in [4.78, 5) is 33.9. The van der Waals surface area contributed by atoms with E-state index in [2.05, 4.69) is 156 Å². The number of carbonyl (C=O) groups excluding carboxylic acids is 3. The molecule has 0 aliphatic heterocycles. The van der Waals surface area contributed by atoms with Crippen LogP contribution in [0.15, 0.2) is 352 Å². The number of phenols is 3. The van der Waals surface area contributed by atoms with Gasteiger partial charge in [0.15, 0.2) is 0 Å². The van der Waals surface area contributed by atoms with Crippen LogP contribution < -0.4 is 58.5 Å². The first-order valence-electron chi connectivity index (χ1n) is 39.0. The number of rotatable bonds is 29. The van der Waals surface area contributed by atoms with Crippen LogP contribution in [0.25, 0.3) is 0 Å². The molecule has 640 valence electrons. The van der Waals surface area contributed by atoms with E-state index in [-0.39, 0.29) is 35.0 Å². The first kappa shape index (κ1) is 94.3. The Labute approximate surface area is 740 Å². The summed E-state index contributed by atoms with van der Waals surface area (Å²) >= 11 is 7.99. The molecule has 19 nitrogen and oxygen atoms in total. The van der Waals surface area contributed by atoms with Crippen molar-refractivity contribution in [2.45, 2.75) is 51.1 Å². The number of hydrogen-bond donors (Lipinski definition) is 4. The molecule has 0 unspecified atom stereocenters. The summed E-state index contributed by atoms with van der Waals surface area (Å²) in [5.41, 5.74) is 9.27. The predicted molar refractivity (Wildman–Crippen MR) is 494 cm³/mol. The molecule has 14 aromatic rings. The van der Waals surface area contributed by atoms with Crippen LogP contribution in [0.1, 0.15) is 75.6 Å². The van der Waals surface area contributed by atoms with Gasteiger partial charge in [0.2, 0.25) is 0 Å². The van der Waals surface area contributed by atoms with Gasteiger partial charge in [0.05, 0.1) is 66.0 Å². The van der Waals surface area contributed by atoms with Crippen molar-refractivity contribution < 1.29 is 91.7 Å². The van der Waals surface area contributed by atoms with E-state index in [9.17, 15) is 19.5 Å². The summed E-state index contributed by atoms with van der Waals surface area (Å²) in [6.07, 6.45) is 0.766. The molecule has 0 aliphatic carbocycles. The maximum absolute atomic E-state index is 11.6. The number of benzene rings is 14. The topological polar surface area (TPSA) is 243 Å². The number of aromatic hydroxyl groups is 3. The standard InChI is InChI=1S/C33H30BrO2P.C16H16O4.C15H15BrO2.C15H14O4.C15H16O3.C8H8O4/c1-35-29-22-28(23-30(24-29)36-25-27-14-6-2-7-15-27)26-37(34,31-16-8-3-9-17-31,32-18-10-4-11-19-32)33-20-12-5-13-21-33;1-18-14-8-13(16(17)19-2)9-15(10-14)20-11-12-6-4-3-5-7-12;1-17-14-7-13(10-16)8-15(9-14)18-11-12-5-3-2-4-6-12;1-18-15(17)12-7-13(16)9-14(8-12)19-10-11-5-3-2-4-6-11;1-17-14-7-13(10-16)8-15(9-14)18-11-12-5-3-2-4-6-12;1-12-8(11)5-2-6(9)4-7(10)3-5/h2-24H,25-26H2,1H3;3-10H,11H2,1-2H3;2-9H,10-11H2,1H3;2-9,16H,10H2,1H3;2-9,16H,10-11H2,1H3;2-4,9-10H,1H3. The van der Waals surface area contributed by atoms with E-state index in [1.165, 1.54) is 74.7 Å². The zero-order valence-electron chi connectivity index (χ0n) is 69.8. The minimum absolute atomic E-state index is 0.0289. The monoisotopic (exact) mass is 1820 g/mol. The molecular weight excluding hydrogens is 1720 g/mol. The third kappa shape index (κ3) is 29.1. The van der Waals surface area contributed by atoms with Gasteiger partial charge in [0.1, 0.15) is 83.9 Å². The van der Waals surface area contributed by atoms with Crippen LogP contribution >= 0.6 is 36.7 Å². The fraction of sp³-hybridized carbons (Fsp3) is 0.147. The van der Waals surface area contributed by atoms with E-state index in [4.69, 9.17) is 62.7 Å². The van der Waals surface area contributed by atoms with Crippen LogP contribution in [-0.4, -0.2) is 88.1 Å². The molecule has 0 amide bonds. The van der Waals surface area contributed by atoms with Crippen LogP contribution in [0.2, 0.25) is 0 Å². The number of hydrogen-bond acceptors (Lipinski definition) is 19. The summed E-state index contributed by atoms with van der Waals surface area (Å²) in [7, 11) is 10.4. The second kappa shape index (κ2) is 49.4. The average Bonchev–Trinajstić information content (AvgIpc) is 0.702. The van der Waals surface area contributed by atoms with Crippen molar-refractivity contribution in [2.75, 3.05) is 49.8 Å². The SMILES string of the molecule is COC(=O)c1cc(O)cc(O)c1.COC(=O)c1cc(O)cc(OCc2ccccc2)c1.COC(=O)c1cc(OC)cc(OCc2ccccc2)c1.COc1cc(CBr)cc(OCc2ccccc2)c1.COc1cc(CO)cc(OCc2ccccc2)c1.COc1cc(CP(Br)(c2ccccc2)(c2ccccc2)c2ccccc2)cc(OCc2ccccc2)c1. The first-order valence-corrected chi connectivity index (χ1v) is 44.6. The van der Waals surface area contributed by atoms with Crippen LogP contribution in [0.3, 0.4) is 0 Å². The van der Waals surface area contributed by atoms with Crippen molar-refractivity contribution >= 4 is 70.5 Å². The second-order valence-corrected chi connectivity index (χ2v) is 36.9. The molecule has 14 rings (SSSR count). The molecule has 0 atom stereocenters. The summed E-state index contributed by atoms with van der Waals surface area (Å²) in [6.45, 7) is 2.33. The molecule has 0 radical (unpaired) electrons. The van der Waals surface area contributed by atoms with E-state index in [0.717, 1.165) is 85.1 Å². The van der Waals surface area contributed by atoms with Gasteiger partial charge in [-0.1, -0.05) is 137 Å². The Kier molecular flexibility index (Phi) is 37.5. The van der Waals surface area contributed by atoms with Gasteiger partial charge >= 0.3 is 246 Å². The number of alkyl halides is 1. The number of esters is 3. The van der Waals surface area contributed by atoms with Crippen molar-refractivity contribution in [2.24, 2.45) is 0 Å². The fourth-order valence-electron chi connectivity index (χ4n) is 12.5. The zero-order valence-corrected chi connectivity index (χ0v) is 73.8. The molecule has 0 heterocycles. The van der Waals surface area contributed by atoms with Gasteiger partial charge in [-0.05, 0) is 94.0 Å². The predicted octanol–water partition coefficient (Wildman–Crippen LogP) is 21.3. The van der Waals surface area contributed by atoms with Crippen LogP contribution in [0, 0.1) is 0 Å². The summed E-state index contributed by atoms with van der Waals surface area (Å²) < 4.78 is 63.9. The van der Waals surface area contributed by atoms with Crippen LogP contribution in [-0.2, 0) is 65.3 Å². The third-order valence-corrected chi connectivity index (χ3v) is 28.8. The summed E-state index contributed by atoms with van der Waals surface area (Å²) in [5, 5.41) is 38.1. The molecule has 22 heteroatoms. The number of aliphatic hydroxyl groups excluding tert-OH is 1. The number of phenolic OH excluding ortho intramolecular Hbond substituents is 3. The Hall–Kier alpha value is -13.6. The number of ether oxygens (including phenoxy) is 12. The van der Waals surface area contributed by atoms with Crippen molar-refractivity contribution in [3.05, 3.63) is 413 Å². The zero-order chi connectivity index (χ0) is 88.3. The molecule has 0 spiro atoms. The number of methoxy groups -OCH3 is 7. The molecule has 14 aromatic carbocycles. The van der Waals surface area contributed by atoms with E-state index in [0.29, 0.717) is 67.3 Å². The van der Waals surface area contributed by atoms with Gasteiger partial charge in [-0.2, -0.15) is 0 Å². The van der Waals surface area contributed by atoms with E-state index < -0.39 is 23.2 Å². The molecule has 0 saturated heterocycles. The summed E-state index contributed by atoms with van der Waals surface area (Å²) in [5.74, 6) is 4.23. The van der Waals surface area contributed by atoms with E-state index in [1.807, 2.05) is 176 Å². The van der Waals surface area contributed by atoms with Gasteiger partial charge in [-0.15, -0.1) is 0 Å². The van der Waals surface area contributed by atoms with E-state index in [1.54, 1.807) is 45.6 Å². The first-order chi connectivity index (χ1) is 60.3. The molecule has 4 N–H and O–H groups in total. The Bertz CT molecular complexity index is 5330. The molecule has 0 aliphatic rings. The Morgan fingerprint density at radius 1 is 0.266 bits per heavy atom. The van der Waals surface area contributed by atoms with Gasteiger partial charge < -0.3 is 67.8 Å². The minimum atomic E-state index is -3.13. The van der Waals surface area contributed by atoms with Crippen molar-refractivity contribution in [1.29, 1.82) is 0 Å². The van der Waals surface area contributed by atoms with Crippen molar-refractivity contribution in [1.82, 2.24) is 0 Å². The van der Waals surface area contributed by atoms with Crippen LogP contribution in [0.5, 0.6) is 69.0 Å². The molecular formula is C102H99Br2O19P. The van der Waals surface area contributed by atoms with Gasteiger partial charge in [0.25, 0.3) is 0 Å². The Morgan fingerprint density at radius 3 is 0.790 bits per heavy atom. The third-order valence-electron chi connectivity index (χ3n) is 18.6. The van der Waals surface area contributed by atoms with Crippen molar-refractivity contribution in [3.8, 4) is 69.0 Å². The quantitative estimate of drug-likeness (QED) is 0.0147. The molecule has 0 bridgehead atoms. The molecule has 0 aromatic heterocycles. The number of carbonyl (C=O) groups is 3. The molecule has 124 heavy (non-hydrogen) atoms. The molecule has 0 saturated carbocycles. The average molecular weight is 1820 g/mol. The number of halogens is 2. The Balaban J connectivity index is 0.000000175. The van der Waals surface area contributed by atoms with Gasteiger partial charge in [0, 0.05) is 35.7 Å². The van der Waals surface area contributed by atoms with Crippen LogP contribution in [0.4, 0.5) is 0 Å². The van der Waals surface area contributed by atoms with Gasteiger partial charge in [-0.25, -0.2) is 14.4 Å². The normalized spacial score (nSPS) is 10.6. The summed E-state index contributed by atoms with van der Waals surface area (Å²) in [6, 6.07) is 113. The fourth-order valence-corrected chi connectivity index (χ4v) is 20.5. The second-order valence-electron chi connectivity index (χ2n) is 27.4. The maximum atomic E-state index is 11.6. The molecule has 0 fully saturated rings. The van der Waals surface area contributed by atoms with Gasteiger partial charge in [-0.3, -0.25) is 0 Å². The number of aliphatic hydroxyl groups is 1. The van der Waals surface area contributed by atoms with E-state index >= 15 is 0 Å². The van der Waals surface area contributed by atoms with Crippen molar-refractivity contribution in [3.63, 3.8) is 0 Å². The Morgan fingerprint density at radius 2 is 0.492 bits per heavy atom.